The van der Waals surface area contributed by atoms with Crippen LogP contribution in [0.5, 0.6) is 0 Å². The zero-order valence-corrected chi connectivity index (χ0v) is 25.1. The molecule has 0 amide bonds. The molecular weight excluding hydrogens is 464 g/mol. The van der Waals surface area contributed by atoms with E-state index in [1.807, 2.05) is 0 Å². The second-order valence-corrected chi connectivity index (χ2v) is 14.1. The molecule has 2 saturated heterocycles. The van der Waals surface area contributed by atoms with Gasteiger partial charge in [0.15, 0.2) is 0 Å². The number of ether oxygens (including phenoxy) is 2. The number of piperidine rings is 2. The third kappa shape index (κ3) is 15.8. The highest BCUT2D eigenvalue weighted by Gasteiger charge is 2.23. The summed E-state index contributed by atoms with van der Waals surface area (Å²) >= 11 is 0. The van der Waals surface area contributed by atoms with E-state index in [-0.39, 0.29) is 22.8 Å². The lowest BCUT2D eigenvalue weighted by molar-refractivity contribution is -0.145. The minimum atomic E-state index is -0.0477. The topological polar surface area (TPSA) is 59.1 Å². The Morgan fingerprint density at radius 1 is 0.649 bits per heavy atom. The van der Waals surface area contributed by atoms with Crippen LogP contribution in [0, 0.1) is 22.7 Å². The van der Waals surface area contributed by atoms with Crippen LogP contribution >= 0.6 is 0 Å². The van der Waals surface area contributed by atoms with Crippen LogP contribution in [-0.4, -0.2) is 74.2 Å². The Hall–Kier alpha value is -1.14. The molecular formula is C31H58N2O4. The van der Waals surface area contributed by atoms with Gasteiger partial charge in [0, 0.05) is 13.1 Å². The molecule has 0 saturated carbocycles. The monoisotopic (exact) mass is 522 g/mol. The van der Waals surface area contributed by atoms with Gasteiger partial charge in [-0.3, -0.25) is 9.59 Å². The molecule has 2 aliphatic heterocycles. The van der Waals surface area contributed by atoms with Crippen LogP contribution in [0.4, 0.5) is 0 Å². The van der Waals surface area contributed by atoms with Crippen molar-refractivity contribution in [3.8, 4) is 0 Å². The summed E-state index contributed by atoms with van der Waals surface area (Å²) in [5, 5.41) is 0. The van der Waals surface area contributed by atoms with Gasteiger partial charge in [-0.25, -0.2) is 0 Å². The summed E-state index contributed by atoms with van der Waals surface area (Å²) in [6.07, 6.45) is 12.0. The van der Waals surface area contributed by atoms with Crippen LogP contribution in [0.25, 0.3) is 0 Å². The van der Waals surface area contributed by atoms with Crippen molar-refractivity contribution in [2.75, 3.05) is 52.5 Å². The minimum Gasteiger partial charge on any atom is -0.466 e. The van der Waals surface area contributed by atoms with Crippen LogP contribution in [-0.2, 0) is 19.1 Å². The Bertz CT molecular complexity index is 595. The fraction of sp³-hybridized carbons (Fsp3) is 0.935. The molecule has 2 heterocycles. The van der Waals surface area contributed by atoms with Crippen molar-refractivity contribution >= 4 is 11.9 Å². The highest BCUT2D eigenvalue weighted by Crippen LogP contribution is 2.27. The normalized spacial score (nSPS) is 19.2. The molecule has 2 aliphatic rings. The van der Waals surface area contributed by atoms with Gasteiger partial charge < -0.3 is 19.3 Å². The molecule has 0 aromatic heterocycles. The Labute approximate surface area is 228 Å². The first-order valence-electron chi connectivity index (χ1n) is 15.2. The first-order chi connectivity index (χ1) is 17.4. The largest absolute Gasteiger partial charge is 0.466 e. The Kier molecular flexibility index (Phi) is 13.9. The quantitative estimate of drug-likeness (QED) is 0.249. The van der Waals surface area contributed by atoms with Gasteiger partial charge in [0.25, 0.3) is 0 Å². The number of carbonyl (C=O) groups is 2. The Morgan fingerprint density at radius 2 is 1.00 bits per heavy atom. The van der Waals surface area contributed by atoms with Gasteiger partial charge in [-0.15, -0.1) is 0 Å². The average Bonchev–Trinajstić information content (AvgIpc) is 2.81. The molecule has 0 N–H and O–H groups in total. The van der Waals surface area contributed by atoms with E-state index in [2.05, 4.69) is 51.3 Å². The molecule has 37 heavy (non-hydrogen) atoms. The lowest BCUT2D eigenvalue weighted by Crippen LogP contribution is -2.36. The highest BCUT2D eigenvalue weighted by molar-refractivity contribution is 5.69. The number of esters is 2. The summed E-state index contributed by atoms with van der Waals surface area (Å²) in [6, 6.07) is 0. The number of carbonyl (C=O) groups excluding carboxylic acids is 2. The second-order valence-electron chi connectivity index (χ2n) is 14.1. The van der Waals surface area contributed by atoms with E-state index < -0.39 is 0 Å². The molecule has 2 rings (SSSR count). The molecule has 0 spiro atoms. The van der Waals surface area contributed by atoms with Crippen LogP contribution < -0.4 is 0 Å². The van der Waals surface area contributed by atoms with Gasteiger partial charge in [0.2, 0.25) is 0 Å². The van der Waals surface area contributed by atoms with Gasteiger partial charge in [-0.2, -0.15) is 0 Å². The van der Waals surface area contributed by atoms with E-state index in [1.165, 1.54) is 44.9 Å². The van der Waals surface area contributed by atoms with Crippen molar-refractivity contribution in [3.05, 3.63) is 0 Å². The van der Waals surface area contributed by atoms with Gasteiger partial charge in [0.1, 0.15) is 0 Å². The lowest BCUT2D eigenvalue weighted by atomic mass is 9.87. The van der Waals surface area contributed by atoms with Crippen molar-refractivity contribution in [2.45, 2.75) is 112 Å². The maximum Gasteiger partial charge on any atom is 0.307 e. The average molecular weight is 523 g/mol. The molecule has 2 fully saturated rings. The maximum absolute atomic E-state index is 12.0. The molecule has 0 atom stereocenters. The minimum absolute atomic E-state index is 0.0477. The fourth-order valence-corrected chi connectivity index (χ4v) is 5.28. The fourth-order valence-electron chi connectivity index (χ4n) is 5.28. The van der Waals surface area contributed by atoms with Gasteiger partial charge in [-0.1, -0.05) is 60.8 Å². The number of nitrogens with zero attached hydrogens (tertiary/aromatic N) is 2. The van der Waals surface area contributed by atoms with Crippen molar-refractivity contribution < 1.29 is 19.1 Å². The van der Waals surface area contributed by atoms with Crippen molar-refractivity contribution in [2.24, 2.45) is 22.7 Å². The summed E-state index contributed by atoms with van der Waals surface area (Å²) in [4.78, 5) is 28.9. The number of likely N-dealkylation sites (tertiary alicyclic amines) is 2. The molecule has 6 nitrogen and oxygen atoms in total. The van der Waals surface area contributed by atoms with E-state index >= 15 is 0 Å². The number of hydrogen-bond donors (Lipinski definition) is 0. The van der Waals surface area contributed by atoms with Gasteiger partial charge >= 0.3 is 11.9 Å². The summed E-state index contributed by atoms with van der Waals surface area (Å²) in [6.45, 7) is 20.3. The molecule has 216 valence electrons. The zero-order valence-electron chi connectivity index (χ0n) is 25.1. The van der Waals surface area contributed by atoms with Crippen LogP contribution in [0.2, 0.25) is 0 Å². The Balaban J connectivity index is 1.46. The van der Waals surface area contributed by atoms with Crippen molar-refractivity contribution in [3.63, 3.8) is 0 Å². The van der Waals surface area contributed by atoms with Crippen LogP contribution in [0.3, 0.4) is 0 Å². The first kappa shape index (κ1) is 32.1. The molecule has 0 aliphatic carbocycles. The predicted octanol–water partition coefficient (Wildman–Crippen LogP) is 6.32. The smallest absolute Gasteiger partial charge is 0.307 e. The summed E-state index contributed by atoms with van der Waals surface area (Å²) in [7, 11) is 0. The molecule has 0 aromatic carbocycles. The van der Waals surface area contributed by atoms with Gasteiger partial charge in [0.05, 0.1) is 26.1 Å². The van der Waals surface area contributed by atoms with Crippen LogP contribution in [0.1, 0.15) is 112 Å². The van der Waals surface area contributed by atoms with Gasteiger partial charge in [-0.05, 0) is 87.4 Å². The Morgan fingerprint density at radius 3 is 1.32 bits per heavy atom. The lowest BCUT2D eigenvalue weighted by Gasteiger charge is -2.33. The first-order valence-corrected chi connectivity index (χ1v) is 15.2. The summed E-state index contributed by atoms with van der Waals surface area (Å²) in [5.41, 5.74) is 0.421. The summed E-state index contributed by atoms with van der Waals surface area (Å²) in [5.74, 6) is 1.60. The predicted molar refractivity (Wildman–Crippen MR) is 151 cm³/mol. The molecule has 0 bridgehead atoms. The second kappa shape index (κ2) is 16.1. The maximum atomic E-state index is 12.0. The van der Waals surface area contributed by atoms with Crippen molar-refractivity contribution in [1.29, 1.82) is 0 Å². The molecule has 0 unspecified atom stereocenters. The molecule has 0 radical (unpaired) electrons. The van der Waals surface area contributed by atoms with E-state index in [0.717, 1.165) is 63.9 Å². The third-order valence-electron chi connectivity index (χ3n) is 8.13. The number of rotatable bonds is 14. The third-order valence-corrected chi connectivity index (χ3v) is 8.13. The highest BCUT2D eigenvalue weighted by atomic mass is 16.5. The van der Waals surface area contributed by atoms with E-state index in [0.29, 0.717) is 26.1 Å². The van der Waals surface area contributed by atoms with Crippen molar-refractivity contribution in [1.82, 2.24) is 9.80 Å². The van der Waals surface area contributed by atoms with E-state index in [4.69, 9.17) is 9.47 Å². The standard InChI is InChI=1S/C31H58N2O4/c1-30(2,3)16-24-36-28(34)14-22-32-18-10-26(11-19-32)8-7-9-27-12-20-33(21-13-27)23-15-29(35)37-25-17-31(4,5)6/h26-27H,7-25H2,1-6H3. The zero-order chi connectivity index (χ0) is 27.3. The molecule has 6 heteroatoms. The van der Waals surface area contributed by atoms with E-state index in [1.54, 1.807) is 0 Å². The number of hydrogen-bond acceptors (Lipinski definition) is 6. The van der Waals surface area contributed by atoms with E-state index in [9.17, 15) is 9.59 Å². The SMILES string of the molecule is CC(C)(C)CCOC(=O)CCN1CCC(CCCC2CCN(CCC(=O)OCCC(C)(C)C)CC2)CC1. The summed E-state index contributed by atoms with van der Waals surface area (Å²) < 4.78 is 10.8. The van der Waals surface area contributed by atoms with Crippen LogP contribution in [0.15, 0.2) is 0 Å². The molecule has 0 aromatic rings.